The molecule has 0 amide bonds. The fraction of sp³-hybridized carbons (Fsp3) is 0. The molecule has 0 fully saturated rings. The first kappa shape index (κ1) is 10.0. The van der Waals surface area contributed by atoms with Gasteiger partial charge >= 0.3 is 8.69 Å². The topological polar surface area (TPSA) is 37.3 Å². The third kappa shape index (κ3) is 5.46. The predicted molar refractivity (Wildman–Crippen MR) is 46.4 cm³/mol. The average molecular weight is 168 g/mol. The summed E-state index contributed by atoms with van der Waals surface area (Å²) >= 11 is 0. The van der Waals surface area contributed by atoms with E-state index >= 15 is 0 Å². The van der Waals surface area contributed by atoms with Crippen LogP contribution >= 0.6 is 8.69 Å². The fourth-order valence-corrected chi connectivity index (χ4v) is 0.589. The van der Waals surface area contributed by atoms with Crippen LogP contribution in [0.4, 0.5) is 0 Å². The summed E-state index contributed by atoms with van der Waals surface area (Å²) in [5, 5.41) is 0. The molecule has 0 spiro atoms. The van der Waals surface area contributed by atoms with Crippen molar-refractivity contribution >= 4 is 14.8 Å². The minimum Gasteiger partial charge on any atom is -0.310 e. The van der Waals surface area contributed by atoms with Crippen molar-refractivity contribution in [1.82, 2.24) is 0 Å². The Morgan fingerprint density at radius 3 is 2.09 bits per heavy atom. The summed E-state index contributed by atoms with van der Waals surface area (Å²) in [5.74, 6) is 0. The molecular weight excluding hydrogens is 159 g/mol. The zero-order valence-electron chi connectivity index (χ0n) is 5.97. The monoisotopic (exact) mass is 168 g/mol. The highest BCUT2D eigenvalue weighted by Gasteiger charge is 1.75. The van der Waals surface area contributed by atoms with E-state index in [-0.39, 0.29) is 0 Å². The van der Waals surface area contributed by atoms with E-state index in [4.69, 9.17) is 9.46 Å². The van der Waals surface area contributed by atoms with Crippen molar-refractivity contribution in [3.8, 4) is 0 Å². The third-order valence-corrected chi connectivity index (χ3v) is 1.04. The molecule has 1 N–H and O–H groups in total. The number of rotatable bonds is 1. The Bertz CT molecular complexity index is 209. The van der Waals surface area contributed by atoms with Crippen molar-refractivity contribution in [3.05, 3.63) is 42.5 Å². The van der Waals surface area contributed by atoms with Crippen LogP contribution in [-0.4, -0.2) is 4.89 Å². The van der Waals surface area contributed by atoms with E-state index in [0.717, 1.165) is 0 Å². The Labute approximate surface area is 67.5 Å². The van der Waals surface area contributed by atoms with Crippen molar-refractivity contribution in [2.75, 3.05) is 0 Å². The maximum absolute atomic E-state index is 8.46. The molecule has 3 heteroatoms. The van der Waals surface area contributed by atoms with Crippen LogP contribution in [0.2, 0.25) is 0 Å². The first-order valence-electron chi connectivity index (χ1n) is 2.99. The van der Waals surface area contributed by atoms with Crippen molar-refractivity contribution in [3.63, 3.8) is 0 Å². The lowest BCUT2D eigenvalue weighted by atomic mass is 10.2. The average Bonchev–Trinajstić information content (AvgIpc) is 2.08. The molecule has 1 rings (SSSR count). The van der Waals surface area contributed by atoms with E-state index in [2.05, 4.69) is 6.58 Å². The second kappa shape index (κ2) is 7.13. The largest absolute Gasteiger partial charge is 0.324 e. The Balaban J connectivity index is 0.000000292. The predicted octanol–water partition coefficient (Wildman–Crippen LogP) is 2.52. The van der Waals surface area contributed by atoms with Crippen LogP contribution in [0.3, 0.4) is 0 Å². The molecule has 0 unspecified atom stereocenters. The lowest BCUT2D eigenvalue weighted by Crippen LogP contribution is -1.63. The number of benzene rings is 1. The van der Waals surface area contributed by atoms with E-state index in [9.17, 15) is 0 Å². The van der Waals surface area contributed by atoms with E-state index in [1.807, 2.05) is 36.4 Å². The van der Waals surface area contributed by atoms with Crippen molar-refractivity contribution in [2.24, 2.45) is 0 Å². The van der Waals surface area contributed by atoms with E-state index in [1.54, 1.807) is 0 Å². The van der Waals surface area contributed by atoms with E-state index in [0.29, 0.717) is 0 Å². The smallest absolute Gasteiger partial charge is 0.310 e. The van der Waals surface area contributed by atoms with Crippen LogP contribution in [0.5, 0.6) is 0 Å². The molecule has 0 saturated heterocycles. The van der Waals surface area contributed by atoms with Gasteiger partial charge in [0.2, 0.25) is 0 Å². The minimum absolute atomic E-state index is 0.833. The molecule has 0 aliphatic rings. The fourth-order valence-electron chi connectivity index (χ4n) is 0.589. The lowest BCUT2D eigenvalue weighted by Gasteiger charge is -1.85. The maximum Gasteiger partial charge on any atom is 0.324 e. The van der Waals surface area contributed by atoms with Gasteiger partial charge in [0, 0.05) is 0 Å². The van der Waals surface area contributed by atoms with Gasteiger partial charge in [0.1, 0.15) is 0 Å². The van der Waals surface area contributed by atoms with Gasteiger partial charge in [-0.3, -0.25) is 0 Å². The Hall–Kier alpha value is -0.980. The highest BCUT2D eigenvalue weighted by molar-refractivity contribution is 7.16. The molecule has 0 bridgehead atoms. The second-order valence-electron chi connectivity index (χ2n) is 1.70. The van der Waals surface area contributed by atoms with Crippen LogP contribution < -0.4 is 0 Å². The third-order valence-electron chi connectivity index (χ3n) is 1.04. The van der Waals surface area contributed by atoms with Crippen LogP contribution in [-0.2, 0) is 4.57 Å². The van der Waals surface area contributed by atoms with E-state index < -0.39 is 8.69 Å². The Morgan fingerprint density at radius 1 is 1.36 bits per heavy atom. The molecule has 11 heavy (non-hydrogen) atoms. The van der Waals surface area contributed by atoms with Crippen LogP contribution in [0.15, 0.2) is 36.9 Å². The number of hydrogen-bond acceptors (Lipinski definition) is 1. The molecule has 0 aromatic heterocycles. The molecule has 0 aliphatic carbocycles. The zero-order chi connectivity index (χ0) is 8.53. The van der Waals surface area contributed by atoms with E-state index in [1.165, 1.54) is 5.56 Å². The van der Waals surface area contributed by atoms with Crippen LogP contribution in [0, 0.1) is 0 Å². The Morgan fingerprint density at radius 2 is 1.82 bits per heavy atom. The molecule has 1 aromatic carbocycles. The van der Waals surface area contributed by atoms with Gasteiger partial charge in [-0.2, -0.15) is 0 Å². The van der Waals surface area contributed by atoms with Gasteiger partial charge in [-0.05, 0) is 5.56 Å². The molecule has 0 saturated carbocycles. The molecule has 0 radical (unpaired) electrons. The minimum atomic E-state index is -0.833. The normalized spacial score (nSPS) is 8.09. The first-order chi connectivity index (χ1) is 5.35. The highest BCUT2D eigenvalue weighted by Crippen LogP contribution is 1.97. The first-order valence-corrected chi connectivity index (χ1v) is 3.76. The highest BCUT2D eigenvalue weighted by atomic mass is 31.1. The molecule has 58 valence electrons. The van der Waals surface area contributed by atoms with Gasteiger partial charge in [-0.25, -0.2) is 4.57 Å². The molecule has 1 aromatic rings. The van der Waals surface area contributed by atoms with Gasteiger partial charge in [0.05, 0.1) is 0 Å². The summed E-state index contributed by atoms with van der Waals surface area (Å²) in [5.41, 5.74) is 1.17. The zero-order valence-corrected chi connectivity index (χ0v) is 6.87. The molecular formula is C8H9O2P. The van der Waals surface area contributed by atoms with Gasteiger partial charge in [0.25, 0.3) is 0 Å². The van der Waals surface area contributed by atoms with Crippen LogP contribution in [0.1, 0.15) is 5.56 Å². The van der Waals surface area contributed by atoms with Gasteiger partial charge in [0.15, 0.2) is 0 Å². The molecule has 0 aliphatic heterocycles. The molecule has 0 heterocycles. The quantitative estimate of drug-likeness (QED) is 0.654. The van der Waals surface area contributed by atoms with Gasteiger partial charge in [-0.15, -0.1) is 0 Å². The Kier molecular flexibility index (Phi) is 6.50. The summed E-state index contributed by atoms with van der Waals surface area (Å²) in [4.78, 5) is 6.99. The molecule has 2 nitrogen and oxygen atoms in total. The van der Waals surface area contributed by atoms with Crippen LogP contribution in [0.25, 0.3) is 6.08 Å². The van der Waals surface area contributed by atoms with Crippen molar-refractivity contribution in [1.29, 1.82) is 0 Å². The maximum atomic E-state index is 8.46. The molecule has 0 atom stereocenters. The number of hydrogen-bond donors (Lipinski definition) is 1. The van der Waals surface area contributed by atoms with Crippen molar-refractivity contribution < 1.29 is 9.46 Å². The summed E-state index contributed by atoms with van der Waals surface area (Å²) < 4.78 is 8.46. The summed E-state index contributed by atoms with van der Waals surface area (Å²) in [6.07, 6.45) is 1.83. The lowest BCUT2D eigenvalue weighted by molar-refractivity contribution is 0.524. The van der Waals surface area contributed by atoms with Gasteiger partial charge in [-0.1, -0.05) is 43.0 Å². The SMILES string of the molecule is C=Cc1ccccc1.O=PO. The standard InChI is InChI=1S/C8H8.HO2P/c1-2-8-6-4-3-5-7-8;1-3-2/h2-7H,1H2;(H,1,2). The van der Waals surface area contributed by atoms with Crippen molar-refractivity contribution in [2.45, 2.75) is 0 Å². The summed E-state index contributed by atoms with van der Waals surface area (Å²) in [7, 11) is -0.833. The second-order valence-corrected chi connectivity index (χ2v) is 1.86. The van der Waals surface area contributed by atoms with Gasteiger partial charge < -0.3 is 4.89 Å². The summed E-state index contributed by atoms with van der Waals surface area (Å²) in [6.45, 7) is 3.63. The summed E-state index contributed by atoms with van der Waals surface area (Å²) in [6, 6.07) is 10.0.